The van der Waals surface area contributed by atoms with Crippen molar-refractivity contribution in [2.24, 2.45) is 16.6 Å². The fourth-order valence-corrected chi connectivity index (χ4v) is 2.81. The first-order valence-electron chi connectivity index (χ1n) is 7.55. The Morgan fingerprint density at radius 1 is 1.42 bits per heavy atom. The van der Waals surface area contributed by atoms with Gasteiger partial charge in [0.25, 0.3) is 0 Å². The molecule has 1 aromatic heterocycles. The zero-order chi connectivity index (χ0) is 17.5. The predicted molar refractivity (Wildman–Crippen MR) is 89.2 cm³/mol. The van der Waals surface area contributed by atoms with Crippen LogP contribution in [-0.4, -0.2) is 33.6 Å². The van der Waals surface area contributed by atoms with Crippen molar-refractivity contribution in [3.63, 3.8) is 0 Å². The second-order valence-corrected chi connectivity index (χ2v) is 6.07. The van der Waals surface area contributed by atoms with Crippen LogP contribution in [0.15, 0.2) is 41.7 Å². The number of benzene rings is 1. The molecule has 0 aliphatic carbocycles. The summed E-state index contributed by atoms with van der Waals surface area (Å²) >= 11 is 0. The highest BCUT2D eigenvalue weighted by molar-refractivity contribution is 5.99. The van der Waals surface area contributed by atoms with Gasteiger partial charge in [0, 0.05) is 18.8 Å². The molecule has 0 spiro atoms. The van der Waals surface area contributed by atoms with E-state index in [0.717, 1.165) is 11.3 Å². The number of carbonyl (C=O) groups excluding carboxylic acids is 1. The lowest BCUT2D eigenvalue weighted by Crippen LogP contribution is -2.52. The van der Waals surface area contributed by atoms with Crippen molar-refractivity contribution in [2.75, 3.05) is 7.05 Å². The van der Waals surface area contributed by atoms with Crippen LogP contribution in [0.3, 0.4) is 0 Å². The third-order valence-corrected chi connectivity index (χ3v) is 4.64. The van der Waals surface area contributed by atoms with Crippen molar-refractivity contribution in [3.05, 3.63) is 47.8 Å². The van der Waals surface area contributed by atoms with Gasteiger partial charge >= 0.3 is 0 Å². The number of amides is 1. The molecule has 122 valence electrons. The molecule has 0 saturated carbocycles. The maximum atomic E-state index is 12.4. The minimum Gasteiger partial charge on any atom is -0.369 e. The number of guanidine groups is 1. The summed E-state index contributed by atoms with van der Waals surface area (Å²) < 4.78 is 1.67. The van der Waals surface area contributed by atoms with E-state index in [1.54, 1.807) is 36.1 Å². The summed E-state index contributed by atoms with van der Waals surface area (Å²) in [6.45, 7) is 3.71. The summed E-state index contributed by atoms with van der Waals surface area (Å²) in [5.74, 6) is -0.248. The first kappa shape index (κ1) is 15.7. The summed E-state index contributed by atoms with van der Waals surface area (Å²) in [4.78, 5) is 18.3. The number of hydrogen-bond acceptors (Lipinski definition) is 5. The van der Waals surface area contributed by atoms with E-state index in [0.29, 0.717) is 5.56 Å². The molecule has 0 bridgehead atoms. The van der Waals surface area contributed by atoms with Gasteiger partial charge in [-0.15, -0.1) is 0 Å². The maximum Gasteiger partial charge on any atom is 0.234 e. The highest BCUT2D eigenvalue weighted by atomic mass is 16.2. The highest BCUT2D eigenvalue weighted by Crippen LogP contribution is 2.37. The van der Waals surface area contributed by atoms with E-state index in [2.05, 4.69) is 16.2 Å². The molecular formula is C17H18N6O. The molecular weight excluding hydrogens is 304 g/mol. The maximum absolute atomic E-state index is 12.4. The number of hydrogen-bond donors (Lipinski definition) is 1. The van der Waals surface area contributed by atoms with E-state index in [4.69, 9.17) is 11.0 Å². The van der Waals surface area contributed by atoms with Gasteiger partial charge in [0.05, 0.1) is 29.4 Å². The largest absolute Gasteiger partial charge is 0.369 e. The van der Waals surface area contributed by atoms with Crippen LogP contribution >= 0.6 is 0 Å². The molecule has 0 saturated heterocycles. The first-order chi connectivity index (χ1) is 11.4. The standard InChI is InChI=1S/C17H18N6O/c1-11-15(24)22(3)16(19)21-17(11,2)13-9-20-23(10-13)14-6-4-5-12(7-14)8-18/h4-7,9-11H,1-3H3,(H2,19,21)/t11?,17-/m0/s1. The number of carbonyl (C=O) groups is 1. The molecule has 0 fully saturated rings. The number of nitrogens with zero attached hydrogens (tertiary/aromatic N) is 5. The molecule has 7 heteroatoms. The van der Waals surface area contributed by atoms with E-state index in [1.165, 1.54) is 4.90 Å². The number of aromatic nitrogens is 2. The van der Waals surface area contributed by atoms with Gasteiger partial charge in [-0.25, -0.2) is 9.67 Å². The molecule has 3 rings (SSSR count). The Morgan fingerprint density at radius 3 is 2.88 bits per heavy atom. The average Bonchev–Trinajstić information content (AvgIpc) is 3.09. The lowest BCUT2D eigenvalue weighted by atomic mass is 9.81. The Bertz CT molecular complexity index is 877. The molecule has 1 amide bonds. The molecule has 1 aliphatic heterocycles. The number of nitrogens with two attached hydrogens (primary N) is 1. The molecule has 2 heterocycles. The van der Waals surface area contributed by atoms with E-state index < -0.39 is 5.54 Å². The summed E-state index contributed by atoms with van der Waals surface area (Å²) in [5.41, 5.74) is 7.23. The zero-order valence-electron chi connectivity index (χ0n) is 13.8. The minimum absolute atomic E-state index is 0.0794. The smallest absolute Gasteiger partial charge is 0.234 e. The Labute approximate surface area is 140 Å². The number of aliphatic imine (C=N–C) groups is 1. The van der Waals surface area contributed by atoms with Gasteiger partial charge in [0.2, 0.25) is 5.91 Å². The van der Waals surface area contributed by atoms with Gasteiger partial charge in [0.15, 0.2) is 5.96 Å². The molecule has 2 atom stereocenters. The van der Waals surface area contributed by atoms with Gasteiger partial charge in [-0.05, 0) is 25.1 Å². The van der Waals surface area contributed by atoms with E-state index in [9.17, 15) is 4.79 Å². The van der Waals surface area contributed by atoms with Crippen LogP contribution in [0.4, 0.5) is 0 Å². The predicted octanol–water partition coefficient (Wildman–Crippen LogP) is 1.38. The SMILES string of the molecule is CC1C(=O)N(C)C(N)=N[C@]1(C)c1cnn(-c2cccc(C#N)c2)c1. The van der Waals surface area contributed by atoms with E-state index in [-0.39, 0.29) is 17.8 Å². The summed E-state index contributed by atoms with van der Waals surface area (Å²) in [6, 6.07) is 9.25. The van der Waals surface area contributed by atoms with E-state index in [1.807, 2.05) is 26.1 Å². The Balaban J connectivity index is 2.04. The van der Waals surface area contributed by atoms with Crippen LogP contribution in [0.2, 0.25) is 0 Å². The van der Waals surface area contributed by atoms with Crippen molar-refractivity contribution < 1.29 is 4.79 Å². The van der Waals surface area contributed by atoms with Gasteiger partial charge in [0.1, 0.15) is 5.54 Å². The fourth-order valence-electron chi connectivity index (χ4n) is 2.81. The summed E-state index contributed by atoms with van der Waals surface area (Å²) in [5, 5.41) is 13.4. The van der Waals surface area contributed by atoms with Crippen LogP contribution in [0.5, 0.6) is 0 Å². The van der Waals surface area contributed by atoms with Crippen molar-refractivity contribution >= 4 is 11.9 Å². The van der Waals surface area contributed by atoms with E-state index >= 15 is 0 Å². The van der Waals surface area contributed by atoms with Crippen LogP contribution < -0.4 is 5.73 Å². The van der Waals surface area contributed by atoms with Gasteiger partial charge < -0.3 is 5.73 Å². The lowest BCUT2D eigenvalue weighted by Gasteiger charge is -2.37. The highest BCUT2D eigenvalue weighted by Gasteiger charge is 2.44. The van der Waals surface area contributed by atoms with Crippen LogP contribution in [0, 0.1) is 17.2 Å². The number of nitriles is 1. The summed E-state index contributed by atoms with van der Waals surface area (Å²) in [7, 11) is 1.62. The molecule has 7 nitrogen and oxygen atoms in total. The van der Waals surface area contributed by atoms with Crippen molar-refractivity contribution in [3.8, 4) is 11.8 Å². The molecule has 1 aliphatic rings. The molecule has 2 aromatic rings. The first-order valence-corrected chi connectivity index (χ1v) is 7.55. The minimum atomic E-state index is -0.779. The van der Waals surface area contributed by atoms with Crippen molar-refractivity contribution in [1.29, 1.82) is 5.26 Å². The summed E-state index contributed by atoms with van der Waals surface area (Å²) in [6.07, 6.45) is 3.51. The van der Waals surface area contributed by atoms with Crippen molar-refractivity contribution in [1.82, 2.24) is 14.7 Å². The molecule has 24 heavy (non-hydrogen) atoms. The Hall–Kier alpha value is -3.14. The Morgan fingerprint density at radius 2 is 2.17 bits per heavy atom. The molecule has 1 aromatic carbocycles. The lowest BCUT2D eigenvalue weighted by molar-refractivity contribution is -0.133. The normalized spacial score (nSPS) is 23.8. The van der Waals surface area contributed by atoms with Crippen molar-refractivity contribution in [2.45, 2.75) is 19.4 Å². The second kappa shape index (κ2) is 5.49. The van der Waals surface area contributed by atoms with Crippen LogP contribution in [0.25, 0.3) is 5.69 Å². The van der Waals surface area contributed by atoms with Crippen LogP contribution in [0.1, 0.15) is 25.0 Å². The number of rotatable bonds is 2. The zero-order valence-corrected chi connectivity index (χ0v) is 13.8. The van der Waals surface area contributed by atoms with Crippen LogP contribution in [-0.2, 0) is 10.3 Å². The molecule has 0 radical (unpaired) electrons. The van der Waals surface area contributed by atoms with Gasteiger partial charge in [-0.2, -0.15) is 10.4 Å². The third-order valence-electron chi connectivity index (χ3n) is 4.64. The molecule has 1 unspecified atom stereocenters. The van der Waals surface area contributed by atoms with Gasteiger partial charge in [-0.3, -0.25) is 9.69 Å². The monoisotopic (exact) mass is 322 g/mol. The fraction of sp³-hybridized carbons (Fsp3) is 0.294. The third kappa shape index (κ3) is 2.33. The quantitative estimate of drug-likeness (QED) is 0.902. The molecule has 2 N–H and O–H groups in total. The Kier molecular flexibility index (Phi) is 3.60. The van der Waals surface area contributed by atoms with Gasteiger partial charge in [-0.1, -0.05) is 13.0 Å². The average molecular weight is 322 g/mol. The topological polar surface area (TPSA) is 100 Å². The second-order valence-electron chi connectivity index (χ2n) is 6.07.